The molecule has 3 nitrogen and oxygen atoms in total. The molecule has 19 heavy (non-hydrogen) atoms. The van der Waals surface area contributed by atoms with Crippen molar-refractivity contribution >= 4 is 0 Å². The third kappa shape index (κ3) is 2.71. The first-order valence-electron chi connectivity index (χ1n) is 8.00. The predicted octanol–water partition coefficient (Wildman–Crippen LogP) is 3.13. The van der Waals surface area contributed by atoms with E-state index in [1.54, 1.807) is 0 Å². The number of aromatic nitrogens is 2. The van der Waals surface area contributed by atoms with Gasteiger partial charge in [0, 0.05) is 24.3 Å². The number of nitrogens with zero attached hydrogens (tertiary/aromatic N) is 2. The zero-order chi connectivity index (χ0) is 13.2. The van der Waals surface area contributed by atoms with E-state index in [0.29, 0.717) is 0 Å². The van der Waals surface area contributed by atoms with Crippen LogP contribution in [0.15, 0.2) is 6.20 Å². The van der Waals surface area contributed by atoms with Crippen LogP contribution in [-0.4, -0.2) is 16.3 Å². The molecule has 0 aliphatic heterocycles. The second-order valence-electron chi connectivity index (χ2n) is 6.55. The van der Waals surface area contributed by atoms with Crippen molar-refractivity contribution in [3.8, 4) is 0 Å². The predicted molar refractivity (Wildman–Crippen MR) is 77.9 cm³/mol. The molecule has 0 spiro atoms. The van der Waals surface area contributed by atoms with E-state index in [4.69, 9.17) is 0 Å². The molecule has 1 heterocycles. The Morgan fingerprint density at radius 1 is 1.37 bits per heavy atom. The maximum absolute atomic E-state index is 4.62. The Bertz CT molecular complexity index is 424. The number of rotatable bonds is 6. The van der Waals surface area contributed by atoms with Crippen molar-refractivity contribution in [2.24, 2.45) is 17.8 Å². The molecule has 2 fully saturated rings. The standard InChI is InChI=1S/C16H27N3/c1-3-6-17-9-16-10-18-19(12(16)2)11-15-8-13-4-5-14(15)7-13/h10,13-15,17H,3-9,11H2,1-2H3. The Hall–Kier alpha value is -0.830. The van der Waals surface area contributed by atoms with Crippen molar-refractivity contribution in [1.82, 2.24) is 15.1 Å². The van der Waals surface area contributed by atoms with Crippen LogP contribution in [0, 0.1) is 24.7 Å². The molecule has 2 saturated carbocycles. The molecule has 3 atom stereocenters. The highest BCUT2D eigenvalue weighted by molar-refractivity contribution is 5.16. The SMILES string of the molecule is CCCNCc1cnn(CC2CC3CCC2C3)c1C. The highest BCUT2D eigenvalue weighted by Gasteiger charge is 2.39. The van der Waals surface area contributed by atoms with Crippen LogP contribution >= 0.6 is 0 Å². The Kier molecular flexibility index (Phi) is 3.92. The van der Waals surface area contributed by atoms with Gasteiger partial charge in [0.2, 0.25) is 0 Å². The van der Waals surface area contributed by atoms with Crippen molar-refractivity contribution in [2.75, 3.05) is 6.54 Å². The number of hydrogen-bond donors (Lipinski definition) is 1. The smallest absolute Gasteiger partial charge is 0.0537 e. The van der Waals surface area contributed by atoms with E-state index in [9.17, 15) is 0 Å². The van der Waals surface area contributed by atoms with Crippen LogP contribution in [0.1, 0.15) is 50.3 Å². The van der Waals surface area contributed by atoms with Crippen molar-refractivity contribution in [3.05, 3.63) is 17.5 Å². The van der Waals surface area contributed by atoms with Gasteiger partial charge < -0.3 is 5.32 Å². The minimum Gasteiger partial charge on any atom is -0.313 e. The minimum atomic E-state index is 0.897. The maximum atomic E-state index is 4.62. The highest BCUT2D eigenvalue weighted by Crippen LogP contribution is 2.48. The summed E-state index contributed by atoms with van der Waals surface area (Å²) >= 11 is 0. The van der Waals surface area contributed by atoms with Gasteiger partial charge in [-0.1, -0.05) is 13.3 Å². The van der Waals surface area contributed by atoms with Crippen LogP contribution in [-0.2, 0) is 13.1 Å². The molecule has 0 radical (unpaired) electrons. The van der Waals surface area contributed by atoms with Gasteiger partial charge in [-0.05, 0) is 56.9 Å². The molecule has 0 aromatic carbocycles. The Balaban J connectivity index is 1.59. The van der Waals surface area contributed by atoms with E-state index in [0.717, 1.165) is 37.4 Å². The highest BCUT2D eigenvalue weighted by atomic mass is 15.3. The quantitative estimate of drug-likeness (QED) is 0.797. The molecule has 2 bridgehead atoms. The molecular formula is C16H27N3. The molecule has 2 aliphatic rings. The van der Waals surface area contributed by atoms with Gasteiger partial charge in [0.15, 0.2) is 0 Å². The monoisotopic (exact) mass is 261 g/mol. The average molecular weight is 261 g/mol. The van der Waals surface area contributed by atoms with E-state index < -0.39 is 0 Å². The molecule has 3 rings (SSSR count). The fraction of sp³-hybridized carbons (Fsp3) is 0.812. The van der Waals surface area contributed by atoms with E-state index in [1.165, 1.54) is 43.4 Å². The molecule has 0 amide bonds. The summed E-state index contributed by atoms with van der Waals surface area (Å²) in [5.74, 6) is 2.93. The number of hydrogen-bond acceptors (Lipinski definition) is 2. The number of fused-ring (bicyclic) bond motifs is 2. The zero-order valence-electron chi connectivity index (χ0n) is 12.4. The van der Waals surface area contributed by atoms with E-state index in [-0.39, 0.29) is 0 Å². The molecule has 2 aliphatic carbocycles. The zero-order valence-corrected chi connectivity index (χ0v) is 12.4. The fourth-order valence-corrected chi connectivity index (χ4v) is 4.06. The van der Waals surface area contributed by atoms with Crippen LogP contribution in [0.25, 0.3) is 0 Å². The maximum Gasteiger partial charge on any atom is 0.0537 e. The summed E-state index contributed by atoms with van der Waals surface area (Å²) in [5.41, 5.74) is 2.74. The lowest BCUT2D eigenvalue weighted by Crippen LogP contribution is -2.19. The van der Waals surface area contributed by atoms with E-state index in [1.807, 2.05) is 0 Å². The summed E-state index contributed by atoms with van der Waals surface area (Å²) in [6.45, 7) is 7.65. The van der Waals surface area contributed by atoms with Crippen molar-refractivity contribution in [3.63, 3.8) is 0 Å². The lowest BCUT2D eigenvalue weighted by Gasteiger charge is -2.22. The third-order valence-electron chi connectivity index (χ3n) is 5.24. The first kappa shape index (κ1) is 13.2. The Morgan fingerprint density at radius 3 is 2.95 bits per heavy atom. The van der Waals surface area contributed by atoms with E-state index >= 15 is 0 Å². The van der Waals surface area contributed by atoms with Crippen LogP contribution in [0.4, 0.5) is 0 Å². The first-order valence-corrected chi connectivity index (χ1v) is 8.00. The normalized spacial score (nSPS) is 29.3. The molecular weight excluding hydrogens is 234 g/mol. The lowest BCUT2D eigenvalue weighted by molar-refractivity contribution is 0.283. The van der Waals surface area contributed by atoms with Crippen LogP contribution in [0.3, 0.4) is 0 Å². The average Bonchev–Trinajstić information content (AvgIpc) is 3.09. The summed E-state index contributed by atoms with van der Waals surface area (Å²) in [5, 5.41) is 8.09. The van der Waals surface area contributed by atoms with Gasteiger partial charge in [0.05, 0.1) is 6.20 Å². The van der Waals surface area contributed by atoms with Gasteiger partial charge in [0.1, 0.15) is 0 Å². The van der Waals surface area contributed by atoms with Gasteiger partial charge in [-0.2, -0.15) is 5.10 Å². The van der Waals surface area contributed by atoms with Gasteiger partial charge in [-0.15, -0.1) is 0 Å². The number of nitrogens with one attached hydrogen (secondary N) is 1. The van der Waals surface area contributed by atoms with Crippen molar-refractivity contribution in [1.29, 1.82) is 0 Å². The van der Waals surface area contributed by atoms with Crippen LogP contribution in [0.2, 0.25) is 0 Å². The molecule has 3 unspecified atom stereocenters. The summed E-state index contributed by atoms with van der Waals surface area (Å²) in [6.07, 6.45) is 9.17. The summed E-state index contributed by atoms with van der Waals surface area (Å²) in [6, 6.07) is 0. The van der Waals surface area contributed by atoms with E-state index in [2.05, 4.69) is 35.1 Å². The van der Waals surface area contributed by atoms with Gasteiger partial charge in [-0.3, -0.25) is 4.68 Å². The van der Waals surface area contributed by atoms with Gasteiger partial charge >= 0.3 is 0 Å². The molecule has 1 aromatic rings. The molecule has 0 saturated heterocycles. The summed E-state index contributed by atoms with van der Waals surface area (Å²) < 4.78 is 2.26. The molecule has 3 heteroatoms. The summed E-state index contributed by atoms with van der Waals surface area (Å²) in [7, 11) is 0. The topological polar surface area (TPSA) is 29.9 Å². The van der Waals surface area contributed by atoms with Crippen molar-refractivity contribution in [2.45, 2.75) is 59.0 Å². The second-order valence-corrected chi connectivity index (χ2v) is 6.55. The molecule has 1 N–H and O–H groups in total. The largest absolute Gasteiger partial charge is 0.313 e. The first-order chi connectivity index (χ1) is 9.28. The molecule has 1 aromatic heterocycles. The van der Waals surface area contributed by atoms with Crippen molar-refractivity contribution < 1.29 is 0 Å². The Labute approximate surface area is 116 Å². The second kappa shape index (κ2) is 5.66. The summed E-state index contributed by atoms with van der Waals surface area (Å²) in [4.78, 5) is 0. The lowest BCUT2D eigenvalue weighted by atomic mass is 9.89. The third-order valence-corrected chi connectivity index (χ3v) is 5.24. The van der Waals surface area contributed by atoms with Crippen LogP contribution in [0.5, 0.6) is 0 Å². The fourth-order valence-electron chi connectivity index (χ4n) is 4.06. The van der Waals surface area contributed by atoms with Gasteiger partial charge in [-0.25, -0.2) is 0 Å². The minimum absolute atomic E-state index is 0.897. The Morgan fingerprint density at radius 2 is 2.26 bits per heavy atom. The molecule has 106 valence electrons. The van der Waals surface area contributed by atoms with Crippen LogP contribution < -0.4 is 5.32 Å². The van der Waals surface area contributed by atoms with Gasteiger partial charge in [0.25, 0.3) is 0 Å².